The fourth-order valence-electron chi connectivity index (χ4n) is 4.47. The molecule has 0 amide bonds. The second kappa shape index (κ2) is 15.1. The molecule has 2 rings (SSSR count). The van der Waals surface area contributed by atoms with Crippen LogP contribution >= 0.6 is 39.7 Å². The Bertz CT molecular complexity index is 684. The number of thiophene rings is 1. The minimum absolute atomic E-state index is 0.0436. The Balaban J connectivity index is 1.92. The Morgan fingerprint density at radius 3 is 2.58 bits per heavy atom. The zero-order valence-corrected chi connectivity index (χ0v) is 22.6. The molecule has 0 spiro atoms. The van der Waals surface area contributed by atoms with Crippen LogP contribution in [0.1, 0.15) is 61.8 Å². The number of unbranched alkanes of at least 4 members (excludes halogenated alkanes) is 3. The van der Waals surface area contributed by atoms with Gasteiger partial charge in [-0.15, -0.1) is 11.3 Å². The van der Waals surface area contributed by atoms with Crippen LogP contribution in [-0.2, 0) is 24.8 Å². The van der Waals surface area contributed by atoms with Crippen LogP contribution in [0, 0.1) is 18.8 Å². The Kier molecular flexibility index (Phi) is 13.3. The molecule has 0 bridgehead atoms. The van der Waals surface area contributed by atoms with Crippen LogP contribution < -0.4 is 0 Å². The molecule has 1 aromatic heterocycles. The summed E-state index contributed by atoms with van der Waals surface area (Å²) in [7, 11) is 7.25. The summed E-state index contributed by atoms with van der Waals surface area (Å²) in [5.41, 5.74) is 1.40. The first-order chi connectivity index (χ1) is 15.0. The Morgan fingerprint density at radius 1 is 1.23 bits per heavy atom. The molecule has 1 saturated carbocycles. The maximum Gasteiger partial charge on any atom is 0.303 e. The highest BCUT2D eigenvalue weighted by Gasteiger charge is 2.42. The predicted octanol–water partition coefficient (Wildman–Crippen LogP) is 6.13. The normalized spacial score (nSPS) is 24.8. The van der Waals surface area contributed by atoms with Crippen LogP contribution in [0.2, 0.25) is 0 Å². The largest absolute Gasteiger partial charge is 0.481 e. The molecule has 8 unspecified atom stereocenters. The van der Waals surface area contributed by atoms with Crippen molar-refractivity contribution in [3.63, 3.8) is 0 Å². The highest BCUT2D eigenvalue weighted by Crippen LogP contribution is 2.42. The zero-order valence-electron chi connectivity index (χ0n) is 18.3. The van der Waals surface area contributed by atoms with Crippen LogP contribution in [0.15, 0.2) is 23.6 Å². The fourth-order valence-corrected chi connectivity index (χ4v) is 6.06. The maximum absolute atomic E-state index is 10.7. The minimum Gasteiger partial charge on any atom is -0.481 e. The Hall–Kier alpha value is 0.0800. The first-order valence-electron chi connectivity index (χ1n) is 11.0. The molecule has 1 aromatic rings. The Labute approximate surface area is 197 Å². The molecule has 0 aromatic carbocycles. The van der Waals surface area contributed by atoms with Crippen LogP contribution in [0.25, 0.3) is 0 Å². The SMILES string of the molecule is Cc1sccc1CCC(/C=C/C1C(OP)CC(OP)C1CCCCCCC(=O)O)OP. The van der Waals surface area contributed by atoms with E-state index in [9.17, 15) is 4.79 Å². The van der Waals surface area contributed by atoms with E-state index in [2.05, 4.69) is 58.9 Å². The molecule has 31 heavy (non-hydrogen) atoms. The van der Waals surface area contributed by atoms with Crippen molar-refractivity contribution in [3.05, 3.63) is 34.0 Å². The van der Waals surface area contributed by atoms with Crippen LogP contribution in [-0.4, -0.2) is 29.4 Å². The quantitative estimate of drug-likeness (QED) is 0.176. The lowest BCUT2D eigenvalue weighted by molar-refractivity contribution is -0.137. The summed E-state index contributed by atoms with van der Waals surface area (Å²) in [5, 5.41) is 10.9. The molecule has 1 heterocycles. The van der Waals surface area contributed by atoms with Crippen molar-refractivity contribution in [2.75, 3.05) is 0 Å². The molecular weight excluding hydrogens is 469 g/mol. The molecular formula is C22H37O5P3S. The average Bonchev–Trinajstić information content (AvgIpc) is 3.33. The van der Waals surface area contributed by atoms with Gasteiger partial charge in [0.15, 0.2) is 0 Å². The lowest BCUT2D eigenvalue weighted by Crippen LogP contribution is -2.21. The van der Waals surface area contributed by atoms with Crippen molar-refractivity contribution in [2.24, 2.45) is 11.8 Å². The van der Waals surface area contributed by atoms with E-state index in [1.54, 1.807) is 11.3 Å². The molecule has 0 saturated heterocycles. The van der Waals surface area contributed by atoms with E-state index in [0.717, 1.165) is 51.4 Å². The first kappa shape index (κ1) is 27.3. The van der Waals surface area contributed by atoms with Gasteiger partial charge >= 0.3 is 5.97 Å². The van der Waals surface area contributed by atoms with Crippen molar-refractivity contribution >= 4 is 45.7 Å². The summed E-state index contributed by atoms with van der Waals surface area (Å²) in [6, 6.07) is 2.20. The number of carboxylic acids is 1. The minimum atomic E-state index is -0.710. The molecule has 176 valence electrons. The molecule has 1 aliphatic rings. The van der Waals surface area contributed by atoms with Crippen LogP contribution in [0.4, 0.5) is 0 Å². The predicted molar refractivity (Wildman–Crippen MR) is 137 cm³/mol. The van der Waals surface area contributed by atoms with Gasteiger partial charge in [0, 0.05) is 52.0 Å². The van der Waals surface area contributed by atoms with Crippen LogP contribution in [0.3, 0.4) is 0 Å². The van der Waals surface area contributed by atoms with Gasteiger partial charge in [0.1, 0.15) is 0 Å². The zero-order chi connectivity index (χ0) is 22.6. The topological polar surface area (TPSA) is 65.0 Å². The summed E-state index contributed by atoms with van der Waals surface area (Å²) >= 11 is 1.79. The van der Waals surface area contributed by atoms with Gasteiger partial charge in [-0.2, -0.15) is 0 Å². The van der Waals surface area contributed by atoms with Crippen LogP contribution in [0.5, 0.6) is 0 Å². The number of hydrogen-bond donors (Lipinski definition) is 1. The molecule has 8 atom stereocenters. The van der Waals surface area contributed by atoms with Gasteiger partial charge in [0.25, 0.3) is 0 Å². The van der Waals surface area contributed by atoms with Crippen molar-refractivity contribution < 1.29 is 23.5 Å². The summed E-state index contributed by atoms with van der Waals surface area (Å²) in [5.74, 6) is -0.0615. The van der Waals surface area contributed by atoms with Gasteiger partial charge in [-0.25, -0.2) is 0 Å². The summed E-state index contributed by atoms with van der Waals surface area (Å²) in [6.07, 6.45) is 12.7. The van der Waals surface area contributed by atoms with E-state index >= 15 is 0 Å². The second-order valence-electron chi connectivity index (χ2n) is 8.27. The van der Waals surface area contributed by atoms with E-state index in [4.69, 9.17) is 18.7 Å². The van der Waals surface area contributed by atoms with Crippen molar-refractivity contribution in [1.82, 2.24) is 0 Å². The van der Waals surface area contributed by atoms with Gasteiger partial charge < -0.3 is 18.7 Å². The number of hydrogen-bond acceptors (Lipinski definition) is 5. The highest BCUT2D eigenvalue weighted by molar-refractivity contribution is 7.10. The monoisotopic (exact) mass is 506 g/mol. The average molecular weight is 507 g/mol. The molecule has 5 nitrogen and oxygen atoms in total. The Morgan fingerprint density at radius 2 is 1.97 bits per heavy atom. The molecule has 0 aliphatic heterocycles. The molecule has 9 heteroatoms. The van der Waals surface area contributed by atoms with Gasteiger partial charge in [-0.3, -0.25) is 4.79 Å². The van der Waals surface area contributed by atoms with E-state index in [1.807, 2.05) is 0 Å². The molecule has 1 N–H and O–H groups in total. The highest BCUT2D eigenvalue weighted by atomic mass is 32.1. The van der Waals surface area contributed by atoms with E-state index in [-0.39, 0.29) is 30.7 Å². The third-order valence-electron chi connectivity index (χ3n) is 6.28. The summed E-state index contributed by atoms with van der Waals surface area (Å²) in [4.78, 5) is 12.0. The van der Waals surface area contributed by atoms with Gasteiger partial charge in [-0.05, 0) is 55.5 Å². The second-order valence-corrected chi connectivity index (χ2v) is 10.2. The summed E-state index contributed by atoms with van der Waals surface area (Å²) < 4.78 is 17.1. The van der Waals surface area contributed by atoms with Crippen molar-refractivity contribution in [1.29, 1.82) is 0 Å². The third-order valence-corrected chi connectivity index (χ3v) is 8.22. The number of carbonyl (C=O) groups is 1. The first-order valence-corrected chi connectivity index (χ1v) is 13.3. The number of carboxylic acid groups (broad SMARTS) is 1. The number of aliphatic carboxylic acids is 1. The molecule has 1 fully saturated rings. The fraction of sp³-hybridized carbons (Fsp3) is 0.682. The summed E-state index contributed by atoms with van der Waals surface area (Å²) in [6.45, 7) is 2.17. The number of aryl methyl sites for hydroxylation is 2. The maximum atomic E-state index is 10.7. The van der Waals surface area contributed by atoms with Gasteiger partial charge in [-0.1, -0.05) is 31.4 Å². The number of rotatable bonds is 15. The van der Waals surface area contributed by atoms with E-state index in [1.165, 1.54) is 10.4 Å². The lowest BCUT2D eigenvalue weighted by Gasteiger charge is -2.24. The van der Waals surface area contributed by atoms with Gasteiger partial charge in [0.2, 0.25) is 0 Å². The lowest BCUT2D eigenvalue weighted by atomic mass is 9.87. The van der Waals surface area contributed by atoms with Crippen molar-refractivity contribution in [3.8, 4) is 0 Å². The smallest absolute Gasteiger partial charge is 0.303 e. The van der Waals surface area contributed by atoms with Gasteiger partial charge in [0.05, 0.1) is 18.3 Å². The van der Waals surface area contributed by atoms with Crippen molar-refractivity contribution in [2.45, 2.75) is 83.0 Å². The molecule has 0 radical (unpaired) electrons. The molecule has 1 aliphatic carbocycles. The third kappa shape index (κ3) is 9.09. The van der Waals surface area contributed by atoms with E-state index in [0.29, 0.717) is 5.92 Å². The standard InChI is InChI=1S/C22H37O5P3S/c1-15-16(12-13-31-15)8-9-17(25-28)10-11-19-18(20(26-29)14-21(19)27-30)6-4-2-3-5-7-22(23)24/h10-13,17-21H,2-9,14,28-30H2,1H3,(H,23,24)/b11-10+. The van der Waals surface area contributed by atoms with E-state index < -0.39 is 5.97 Å².